The fourth-order valence-electron chi connectivity index (χ4n) is 3.72. The predicted molar refractivity (Wildman–Crippen MR) is 122 cm³/mol. The van der Waals surface area contributed by atoms with E-state index in [2.05, 4.69) is 15.5 Å². The van der Waals surface area contributed by atoms with E-state index in [0.29, 0.717) is 5.56 Å². The normalized spacial score (nSPS) is 15.6. The van der Waals surface area contributed by atoms with Crippen molar-refractivity contribution in [2.45, 2.75) is 33.0 Å². The zero-order valence-electron chi connectivity index (χ0n) is 18.9. The molecule has 1 aliphatic rings. The topological polar surface area (TPSA) is 47.6 Å². The minimum Gasteiger partial charge on any atom is -0.385 e. The second-order valence-corrected chi connectivity index (χ2v) is 8.36. The number of halogens is 3. The molecule has 1 fully saturated rings. The first-order valence-corrected chi connectivity index (χ1v) is 10.9. The summed E-state index contributed by atoms with van der Waals surface area (Å²) >= 11 is 0. The van der Waals surface area contributed by atoms with Crippen LogP contribution in [0.25, 0.3) is 0 Å². The second kappa shape index (κ2) is 10.4. The molecular formula is C24H31F3N4O. The Hall–Kier alpha value is -2.58. The summed E-state index contributed by atoms with van der Waals surface area (Å²) in [5.41, 5.74) is 1.89. The van der Waals surface area contributed by atoms with Crippen LogP contribution < -0.4 is 10.6 Å². The van der Waals surface area contributed by atoms with Crippen molar-refractivity contribution in [1.82, 2.24) is 9.80 Å². The molecule has 0 radical (unpaired) electrons. The third kappa shape index (κ3) is 6.23. The summed E-state index contributed by atoms with van der Waals surface area (Å²) in [6, 6.07) is 9.28. The standard InChI is InChI=1S/C24H31F3N4O/c1-4-9-28-22-14-18(6-5-17(22)2)23(32)29-20-8-7-19(21(15-20)24(25,26)27)16-31-12-10-30(3)11-13-31/h5-8,14-15,28H,4,9-13,16H2,1-3H3,(H,29,32). The average molecular weight is 449 g/mol. The van der Waals surface area contributed by atoms with E-state index in [1.807, 2.05) is 31.9 Å². The Morgan fingerprint density at radius 2 is 1.78 bits per heavy atom. The highest BCUT2D eigenvalue weighted by Gasteiger charge is 2.34. The summed E-state index contributed by atoms with van der Waals surface area (Å²) in [5.74, 6) is -0.440. The van der Waals surface area contributed by atoms with Gasteiger partial charge >= 0.3 is 6.18 Å². The molecule has 1 heterocycles. The van der Waals surface area contributed by atoms with Crippen molar-refractivity contribution in [3.8, 4) is 0 Å². The number of anilines is 2. The molecule has 0 bridgehead atoms. The van der Waals surface area contributed by atoms with Crippen molar-refractivity contribution < 1.29 is 18.0 Å². The maximum atomic E-state index is 13.8. The second-order valence-electron chi connectivity index (χ2n) is 8.36. The molecule has 0 aromatic heterocycles. The van der Waals surface area contributed by atoms with Gasteiger partial charge in [-0.05, 0) is 55.8 Å². The molecule has 0 atom stereocenters. The van der Waals surface area contributed by atoms with Crippen molar-refractivity contribution in [3.63, 3.8) is 0 Å². The Kier molecular flexibility index (Phi) is 7.79. The number of hydrogen-bond acceptors (Lipinski definition) is 4. The van der Waals surface area contributed by atoms with E-state index in [1.54, 1.807) is 18.2 Å². The molecule has 2 aromatic rings. The molecule has 3 rings (SSSR count). The summed E-state index contributed by atoms with van der Waals surface area (Å²) in [6.45, 7) is 8.13. The van der Waals surface area contributed by atoms with Crippen molar-refractivity contribution in [2.75, 3.05) is 50.4 Å². The maximum absolute atomic E-state index is 13.8. The average Bonchev–Trinajstić information content (AvgIpc) is 2.75. The third-order valence-corrected chi connectivity index (χ3v) is 5.73. The molecule has 5 nitrogen and oxygen atoms in total. The number of alkyl halides is 3. The lowest BCUT2D eigenvalue weighted by Gasteiger charge is -2.33. The van der Waals surface area contributed by atoms with Crippen LogP contribution in [0.3, 0.4) is 0 Å². The number of benzene rings is 2. The quantitative estimate of drug-likeness (QED) is 0.637. The minimum atomic E-state index is -4.50. The highest BCUT2D eigenvalue weighted by atomic mass is 19.4. The molecule has 1 amide bonds. The highest BCUT2D eigenvalue weighted by Crippen LogP contribution is 2.34. The third-order valence-electron chi connectivity index (χ3n) is 5.73. The SMILES string of the molecule is CCCNc1cc(C(=O)Nc2ccc(CN3CCN(C)CC3)c(C(F)(F)F)c2)ccc1C. The number of carbonyl (C=O) groups excluding carboxylic acids is 1. The molecule has 32 heavy (non-hydrogen) atoms. The van der Waals surface area contributed by atoms with Gasteiger partial charge in [-0.25, -0.2) is 0 Å². The Bertz CT molecular complexity index is 937. The predicted octanol–water partition coefficient (Wildman–Crippen LogP) is 4.84. The van der Waals surface area contributed by atoms with Crippen LogP contribution in [0, 0.1) is 6.92 Å². The van der Waals surface area contributed by atoms with Crippen LogP contribution in [-0.2, 0) is 12.7 Å². The van der Waals surface area contributed by atoms with Crippen LogP contribution in [0.15, 0.2) is 36.4 Å². The van der Waals surface area contributed by atoms with Crippen LogP contribution in [0.1, 0.15) is 40.4 Å². The van der Waals surface area contributed by atoms with Crippen molar-refractivity contribution in [1.29, 1.82) is 0 Å². The molecule has 1 aliphatic heterocycles. The van der Waals surface area contributed by atoms with E-state index >= 15 is 0 Å². The van der Waals surface area contributed by atoms with Gasteiger partial charge in [-0.3, -0.25) is 9.69 Å². The molecular weight excluding hydrogens is 417 g/mol. The minimum absolute atomic E-state index is 0.132. The first kappa shape index (κ1) is 24.1. The van der Waals surface area contributed by atoms with E-state index < -0.39 is 17.6 Å². The van der Waals surface area contributed by atoms with E-state index in [9.17, 15) is 18.0 Å². The van der Waals surface area contributed by atoms with Gasteiger partial charge < -0.3 is 15.5 Å². The molecule has 0 spiro atoms. The summed E-state index contributed by atoms with van der Waals surface area (Å²) in [7, 11) is 2.01. The van der Waals surface area contributed by atoms with Crippen LogP contribution in [-0.4, -0.2) is 55.5 Å². The number of rotatable bonds is 7. The number of likely N-dealkylation sites (N-methyl/N-ethyl adjacent to an activating group) is 1. The lowest BCUT2D eigenvalue weighted by atomic mass is 10.0. The zero-order chi connectivity index (χ0) is 23.3. The number of amides is 1. The highest BCUT2D eigenvalue weighted by molar-refractivity contribution is 6.05. The van der Waals surface area contributed by atoms with Crippen LogP contribution >= 0.6 is 0 Å². The number of aryl methyl sites for hydroxylation is 1. The molecule has 0 aliphatic carbocycles. The van der Waals surface area contributed by atoms with Gasteiger partial charge in [0.15, 0.2) is 0 Å². The fraction of sp³-hybridized carbons (Fsp3) is 0.458. The molecule has 8 heteroatoms. The molecule has 174 valence electrons. The summed E-state index contributed by atoms with van der Waals surface area (Å²) in [6.07, 6.45) is -3.56. The number of nitrogens with one attached hydrogen (secondary N) is 2. The molecule has 2 aromatic carbocycles. The van der Waals surface area contributed by atoms with Gasteiger partial charge in [-0.1, -0.05) is 19.1 Å². The smallest absolute Gasteiger partial charge is 0.385 e. The van der Waals surface area contributed by atoms with Crippen molar-refractivity contribution in [3.05, 3.63) is 58.7 Å². The lowest BCUT2D eigenvalue weighted by molar-refractivity contribution is -0.138. The van der Waals surface area contributed by atoms with Gasteiger partial charge in [0, 0.05) is 56.2 Å². The van der Waals surface area contributed by atoms with Crippen LogP contribution in [0.5, 0.6) is 0 Å². The van der Waals surface area contributed by atoms with Gasteiger partial charge in [0.1, 0.15) is 0 Å². The van der Waals surface area contributed by atoms with Gasteiger partial charge in [0.05, 0.1) is 5.56 Å². The zero-order valence-corrected chi connectivity index (χ0v) is 18.9. The fourth-order valence-corrected chi connectivity index (χ4v) is 3.72. The first-order valence-electron chi connectivity index (χ1n) is 10.9. The van der Waals surface area contributed by atoms with Gasteiger partial charge in [-0.15, -0.1) is 0 Å². The number of nitrogens with zero attached hydrogens (tertiary/aromatic N) is 2. The summed E-state index contributed by atoms with van der Waals surface area (Å²) in [5, 5.41) is 5.89. The first-order chi connectivity index (χ1) is 15.2. The monoisotopic (exact) mass is 448 g/mol. The number of piperazine rings is 1. The Labute approximate surface area is 187 Å². The maximum Gasteiger partial charge on any atom is 0.416 e. The molecule has 0 unspecified atom stereocenters. The molecule has 2 N–H and O–H groups in total. The summed E-state index contributed by atoms with van der Waals surface area (Å²) < 4.78 is 41.3. The largest absolute Gasteiger partial charge is 0.416 e. The van der Waals surface area contributed by atoms with E-state index in [1.165, 1.54) is 6.07 Å². The van der Waals surface area contributed by atoms with Crippen LogP contribution in [0.4, 0.5) is 24.5 Å². The number of carbonyl (C=O) groups is 1. The van der Waals surface area contributed by atoms with Gasteiger partial charge in [-0.2, -0.15) is 13.2 Å². The summed E-state index contributed by atoms with van der Waals surface area (Å²) in [4.78, 5) is 16.9. The van der Waals surface area contributed by atoms with E-state index in [-0.39, 0.29) is 17.8 Å². The van der Waals surface area contributed by atoms with Gasteiger partial charge in [0.25, 0.3) is 5.91 Å². The Balaban J connectivity index is 1.77. The van der Waals surface area contributed by atoms with E-state index in [4.69, 9.17) is 0 Å². The number of hydrogen-bond donors (Lipinski definition) is 2. The molecule has 0 saturated carbocycles. The Morgan fingerprint density at radius 1 is 1.06 bits per heavy atom. The van der Waals surface area contributed by atoms with Crippen molar-refractivity contribution >= 4 is 17.3 Å². The lowest BCUT2D eigenvalue weighted by Crippen LogP contribution is -2.44. The van der Waals surface area contributed by atoms with Gasteiger partial charge in [0.2, 0.25) is 0 Å². The Morgan fingerprint density at radius 3 is 2.44 bits per heavy atom. The van der Waals surface area contributed by atoms with E-state index in [0.717, 1.165) is 56.5 Å². The van der Waals surface area contributed by atoms with Crippen molar-refractivity contribution in [2.24, 2.45) is 0 Å². The van der Waals surface area contributed by atoms with Crippen LogP contribution in [0.2, 0.25) is 0 Å². The molecule has 1 saturated heterocycles.